The van der Waals surface area contributed by atoms with Crippen LogP contribution in [0.5, 0.6) is 0 Å². The fourth-order valence-corrected chi connectivity index (χ4v) is 3.79. The van der Waals surface area contributed by atoms with Crippen LogP contribution < -0.4 is 5.32 Å². The van der Waals surface area contributed by atoms with Crippen LogP contribution in [0.15, 0.2) is 59.4 Å². The highest BCUT2D eigenvalue weighted by Crippen LogP contribution is 2.27. The minimum Gasteiger partial charge on any atom is -0.334 e. The Morgan fingerprint density at radius 1 is 1.15 bits per heavy atom. The average molecular weight is 359 g/mol. The fraction of sp³-hybridized carbons (Fsp3) is 0.286. The van der Waals surface area contributed by atoms with Crippen LogP contribution in [0.2, 0.25) is 0 Å². The Balaban J connectivity index is 1.39. The van der Waals surface area contributed by atoms with E-state index in [0.29, 0.717) is 24.2 Å². The minimum atomic E-state index is 0.538. The van der Waals surface area contributed by atoms with Crippen molar-refractivity contribution in [3.8, 4) is 11.5 Å². The molecular formula is C21H21N5O. The summed E-state index contributed by atoms with van der Waals surface area (Å²) >= 11 is 0. The summed E-state index contributed by atoms with van der Waals surface area (Å²) in [6, 6.07) is 16.5. The van der Waals surface area contributed by atoms with Crippen molar-refractivity contribution in [2.24, 2.45) is 0 Å². The van der Waals surface area contributed by atoms with E-state index in [1.807, 2.05) is 41.2 Å². The summed E-state index contributed by atoms with van der Waals surface area (Å²) in [5.41, 5.74) is 4.35. The molecule has 2 aromatic carbocycles. The van der Waals surface area contributed by atoms with Gasteiger partial charge in [0.25, 0.3) is 5.89 Å². The molecule has 1 unspecified atom stereocenters. The van der Waals surface area contributed by atoms with Crippen LogP contribution in [0.4, 0.5) is 0 Å². The standard InChI is InChI=1S/C21H21N5O/c1-2-9-19-18(8-1)23-14-26(19)13-20-24-21(27-25-20)16-6-3-5-15(11-16)17-7-4-10-22-12-17/h1-3,5-6,8-9,11,14,17,22H,4,7,10,12-13H2. The molecule has 5 rings (SSSR count). The summed E-state index contributed by atoms with van der Waals surface area (Å²) in [6.07, 6.45) is 4.26. The van der Waals surface area contributed by atoms with E-state index in [1.54, 1.807) is 0 Å². The first-order valence-electron chi connectivity index (χ1n) is 9.40. The molecule has 1 fully saturated rings. The molecular weight excluding hydrogens is 338 g/mol. The molecule has 1 N–H and O–H groups in total. The Morgan fingerprint density at radius 3 is 3.04 bits per heavy atom. The number of benzene rings is 2. The first-order valence-corrected chi connectivity index (χ1v) is 9.40. The van der Waals surface area contributed by atoms with E-state index in [0.717, 1.165) is 29.7 Å². The van der Waals surface area contributed by atoms with Gasteiger partial charge in [0.05, 0.1) is 23.9 Å². The Labute approximate surface area is 157 Å². The third kappa shape index (κ3) is 3.24. The lowest BCUT2D eigenvalue weighted by molar-refractivity contribution is 0.420. The molecule has 6 nitrogen and oxygen atoms in total. The highest BCUT2D eigenvalue weighted by molar-refractivity contribution is 5.75. The molecule has 27 heavy (non-hydrogen) atoms. The second-order valence-electron chi connectivity index (χ2n) is 7.05. The molecule has 1 atom stereocenters. The van der Waals surface area contributed by atoms with Gasteiger partial charge in [0.2, 0.25) is 0 Å². The smallest absolute Gasteiger partial charge is 0.257 e. The van der Waals surface area contributed by atoms with Gasteiger partial charge >= 0.3 is 0 Å². The Bertz CT molecular complexity index is 1060. The largest absolute Gasteiger partial charge is 0.334 e. The highest BCUT2D eigenvalue weighted by Gasteiger charge is 2.17. The van der Waals surface area contributed by atoms with Gasteiger partial charge in [-0.15, -0.1) is 0 Å². The van der Waals surface area contributed by atoms with Crippen molar-refractivity contribution in [2.75, 3.05) is 13.1 Å². The Morgan fingerprint density at radius 2 is 2.11 bits per heavy atom. The molecule has 0 aliphatic carbocycles. The number of rotatable bonds is 4. The van der Waals surface area contributed by atoms with Gasteiger partial charge in [-0.3, -0.25) is 0 Å². The number of nitrogens with zero attached hydrogens (tertiary/aromatic N) is 4. The summed E-state index contributed by atoms with van der Waals surface area (Å²) in [5, 5.41) is 7.65. The van der Waals surface area contributed by atoms with E-state index < -0.39 is 0 Å². The van der Waals surface area contributed by atoms with E-state index in [4.69, 9.17) is 4.52 Å². The zero-order valence-corrected chi connectivity index (χ0v) is 15.0. The Hall–Kier alpha value is -2.99. The number of hydrogen-bond donors (Lipinski definition) is 1. The summed E-state index contributed by atoms with van der Waals surface area (Å²) in [5.74, 6) is 1.77. The summed E-state index contributed by atoms with van der Waals surface area (Å²) in [4.78, 5) is 9.02. The van der Waals surface area contributed by atoms with Gasteiger partial charge in [-0.1, -0.05) is 29.4 Å². The van der Waals surface area contributed by atoms with Crippen molar-refractivity contribution >= 4 is 11.0 Å². The third-order valence-electron chi connectivity index (χ3n) is 5.21. The number of para-hydroxylation sites is 2. The van der Waals surface area contributed by atoms with E-state index in [1.165, 1.54) is 18.4 Å². The van der Waals surface area contributed by atoms with Crippen molar-refractivity contribution in [2.45, 2.75) is 25.3 Å². The third-order valence-corrected chi connectivity index (χ3v) is 5.21. The molecule has 0 radical (unpaired) electrons. The minimum absolute atomic E-state index is 0.538. The lowest BCUT2D eigenvalue weighted by Gasteiger charge is -2.23. The molecule has 1 saturated heterocycles. The predicted molar refractivity (Wildman–Crippen MR) is 103 cm³/mol. The van der Waals surface area contributed by atoms with Crippen LogP contribution in [0.1, 0.15) is 30.1 Å². The number of imidazole rings is 1. The normalized spacial score (nSPS) is 17.4. The summed E-state index contributed by atoms with van der Waals surface area (Å²) in [7, 11) is 0. The first kappa shape index (κ1) is 16.2. The quantitative estimate of drug-likeness (QED) is 0.603. The molecule has 0 saturated carbocycles. The maximum atomic E-state index is 5.54. The van der Waals surface area contributed by atoms with Crippen LogP contribution in [-0.2, 0) is 6.54 Å². The topological polar surface area (TPSA) is 68.8 Å². The highest BCUT2D eigenvalue weighted by atomic mass is 16.5. The molecule has 6 heteroatoms. The van der Waals surface area contributed by atoms with Crippen molar-refractivity contribution < 1.29 is 4.52 Å². The average Bonchev–Trinajstić information content (AvgIpc) is 3.37. The second kappa shape index (κ2) is 6.96. The number of hydrogen-bond acceptors (Lipinski definition) is 5. The number of aromatic nitrogens is 4. The number of piperidine rings is 1. The van der Waals surface area contributed by atoms with Crippen LogP contribution in [-0.4, -0.2) is 32.8 Å². The van der Waals surface area contributed by atoms with Gasteiger partial charge in [0.1, 0.15) is 0 Å². The van der Waals surface area contributed by atoms with Crippen LogP contribution in [0, 0.1) is 0 Å². The monoisotopic (exact) mass is 359 g/mol. The molecule has 3 heterocycles. The molecule has 1 aliphatic rings. The van der Waals surface area contributed by atoms with Gasteiger partial charge < -0.3 is 14.4 Å². The van der Waals surface area contributed by atoms with Crippen LogP contribution in [0.3, 0.4) is 0 Å². The van der Waals surface area contributed by atoms with Gasteiger partial charge in [0, 0.05) is 12.1 Å². The zero-order chi connectivity index (χ0) is 18.1. The van der Waals surface area contributed by atoms with Gasteiger partial charge in [-0.05, 0) is 55.1 Å². The maximum absolute atomic E-state index is 5.54. The fourth-order valence-electron chi connectivity index (χ4n) is 3.79. The van der Waals surface area contributed by atoms with Crippen molar-refractivity contribution in [1.29, 1.82) is 0 Å². The summed E-state index contributed by atoms with van der Waals surface area (Å²) < 4.78 is 7.58. The number of nitrogens with one attached hydrogen (secondary N) is 1. The summed E-state index contributed by atoms with van der Waals surface area (Å²) in [6.45, 7) is 2.69. The predicted octanol–water partition coefficient (Wildman–Crippen LogP) is 3.60. The van der Waals surface area contributed by atoms with Crippen molar-refractivity contribution in [1.82, 2.24) is 25.0 Å². The second-order valence-corrected chi connectivity index (χ2v) is 7.05. The zero-order valence-electron chi connectivity index (χ0n) is 15.0. The van der Waals surface area contributed by atoms with E-state index in [2.05, 4.69) is 38.6 Å². The maximum Gasteiger partial charge on any atom is 0.257 e. The van der Waals surface area contributed by atoms with Crippen LogP contribution >= 0.6 is 0 Å². The van der Waals surface area contributed by atoms with Crippen molar-refractivity contribution in [3.63, 3.8) is 0 Å². The molecule has 4 aromatic rings. The van der Waals surface area contributed by atoms with Crippen molar-refractivity contribution in [3.05, 3.63) is 66.2 Å². The lowest BCUT2D eigenvalue weighted by Crippen LogP contribution is -2.28. The van der Waals surface area contributed by atoms with Crippen LogP contribution in [0.25, 0.3) is 22.5 Å². The van der Waals surface area contributed by atoms with E-state index in [9.17, 15) is 0 Å². The van der Waals surface area contributed by atoms with E-state index in [-0.39, 0.29) is 0 Å². The molecule has 0 amide bonds. The lowest BCUT2D eigenvalue weighted by atomic mass is 9.91. The molecule has 2 aromatic heterocycles. The first-order chi connectivity index (χ1) is 13.4. The molecule has 136 valence electrons. The van der Waals surface area contributed by atoms with E-state index >= 15 is 0 Å². The molecule has 1 aliphatic heterocycles. The van der Waals surface area contributed by atoms with Gasteiger partial charge in [-0.25, -0.2) is 4.98 Å². The molecule has 0 spiro atoms. The van der Waals surface area contributed by atoms with Gasteiger partial charge in [0.15, 0.2) is 5.82 Å². The van der Waals surface area contributed by atoms with Gasteiger partial charge in [-0.2, -0.15) is 4.98 Å². The SMILES string of the molecule is c1cc(-c2nc(Cn3cnc4ccccc43)no2)cc(C2CCCNC2)c1. The Kier molecular flexibility index (Phi) is 4.18. The molecule has 0 bridgehead atoms. The number of fused-ring (bicyclic) bond motifs is 1.